The largest absolute Gasteiger partial charge is 0.338 e. The second-order valence-electron chi connectivity index (χ2n) is 9.12. The molecule has 0 spiro atoms. The van der Waals surface area contributed by atoms with Crippen molar-refractivity contribution in [3.8, 4) is 0 Å². The summed E-state index contributed by atoms with van der Waals surface area (Å²) in [6, 6.07) is 23.5. The van der Waals surface area contributed by atoms with Crippen molar-refractivity contribution in [3.63, 3.8) is 0 Å². The maximum absolute atomic E-state index is 13.6. The molecule has 0 bridgehead atoms. The molecule has 1 saturated heterocycles. The van der Waals surface area contributed by atoms with Gasteiger partial charge >= 0.3 is 6.03 Å². The Balaban J connectivity index is 1.44. The maximum Gasteiger partial charge on any atom is 0.318 e. The molecule has 3 aromatic rings. The number of piperidine rings is 1. The second kappa shape index (κ2) is 10.2. The van der Waals surface area contributed by atoms with Gasteiger partial charge in [0.15, 0.2) is 0 Å². The van der Waals surface area contributed by atoms with Crippen molar-refractivity contribution < 1.29 is 4.79 Å². The minimum Gasteiger partial charge on any atom is -0.338 e. The zero-order valence-corrected chi connectivity index (χ0v) is 19.1. The Hall–Kier alpha value is -3.18. The number of aryl methyl sites for hydroxylation is 1. The zero-order chi connectivity index (χ0) is 22.5. The molecule has 1 unspecified atom stereocenters. The number of pyridine rings is 1. The molecule has 1 N–H and O–H groups in total. The lowest BCUT2D eigenvalue weighted by Gasteiger charge is -2.43. The van der Waals surface area contributed by atoms with E-state index in [9.17, 15) is 4.79 Å². The first kappa shape index (κ1) is 21.7. The predicted molar refractivity (Wildman–Crippen MR) is 131 cm³/mol. The first-order valence-electron chi connectivity index (χ1n) is 12.1. The van der Waals surface area contributed by atoms with Gasteiger partial charge in [0.2, 0.25) is 0 Å². The normalized spacial score (nSPS) is 20.3. The highest BCUT2D eigenvalue weighted by atomic mass is 16.2. The van der Waals surface area contributed by atoms with E-state index in [2.05, 4.69) is 74.7 Å². The Kier molecular flexibility index (Phi) is 6.68. The van der Waals surface area contributed by atoms with Crippen molar-refractivity contribution >= 4 is 6.03 Å². The average Bonchev–Trinajstić information content (AvgIpc) is 2.94. The number of rotatable bonds is 4. The van der Waals surface area contributed by atoms with Crippen LogP contribution in [-0.4, -0.2) is 46.5 Å². The fourth-order valence-corrected chi connectivity index (χ4v) is 5.32. The van der Waals surface area contributed by atoms with Crippen LogP contribution >= 0.6 is 0 Å². The van der Waals surface area contributed by atoms with Crippen molar-refractivity contribution in [1.82, 2.24) is 20.1 Å². The molecular formula is C28H32N4O. The first-order chi connectivity index (χ1) is 16.3. The van der Waals surface area contributed by atoms with Gasteiger partial charge in [-0.25, -0.2) is 4.79 Å². The monoisotopic (exact) mass is 440 g/mol. The van der Waals surface area contributed by atoms with Gasteiger partial charge in [-0.1, -0.05) is 60.7 Å². The summed E-state index contributed by atoms with van der Waals surface area (Å²) in [5, 5.41) is 3.22. The summed E-state index contributed by atoms with van der Waals surface area (Å²) >= 11 is 0. The summed E-state index contributed by atoms with van der Waals surface area (Å²) in [6.45, 7) is 3.59. The van der Waals surface area contributed by atoms with Gasteiger partial charge in [0.05, 0.1) is 6.04 Å². The van der Waals surface area contributed by atoms with E-state index in [0.717, 1.165) is 45.3 Å². The van der Waals surface area contributed by atoms with Crippen molar-refractivity contribution in [2.75, 3.05) is 19.6 Å². The van der Waals surface area contributed by atoms with Crippen LogP contribution in [0.1, 0.15) is 47.6 Å². The number of hydrogen-bond donors (Lipinski definition) is 1. The molecule has 33 heavy (non-hydrogen) atoms. The van der Waals surface area contributed by atoms with E-state index in [1.165, 1.54) is 22.3 Å². The number of amides is 2. The molecule has 2 aliphatic rings. The van der Waals surface area contributed by atoms with Crippen LogP contribution in [0.2, 0.25) is 0 Å². The minimum absolute atomic E-state index is 0.0614. The standard InChI is InChI=1S/C28H32N4O/c33-28-30-17-7-12-23-9-4-5-13-26(23)27(24-10-2-1-3-11-24)32(28)25-14-18-31(19-15-25)21-22-8-6-16-29-20-22/h1-6,8-11,13,16,20,25,27H,7,12,14-15,17-19,21H2,(H,30,33). The Labute approximate surface area is 196 Å². The van der Waals surface area contributed by atoms with E-state index >= 15 is 0 Å². The number of likely N-dealkylation sites (tertiary alicyclic amines) is 1. The Morgan fingerprint density at radius 2 is 1.73 bits per heavy atom. The molecule has 1 fully saturated rings. The topological polar surface area (TPSA) is 48.5 Å². The Morgan fingerprint density at radius 1 is 0.939 bits per heavy atom. The van der Waals surface area contributed by atoms with E-state index < -0.39 is 0 Å². The molecule has 170 valence electrons. The van der Waals surface area contributed by atoms with Crippen molar-refractivity contribution in [1.29, 1.82) is 0 Å². The van der Waals surface area contributed by atoms with Crippen LogP contribution in [0.25, 0.3) is 0 Å². The number of benzene rings is 2. The summed E-state index contributed by atoms with van der Waals surface area (Å²) in [5.74, 6) is 0. The molecule has 2 amide bonds. The number of fused-ring (bicyclic) bond motifs is 1. The van der Waals surface area contributed by atoms with Crippen molar-refractivity contribution in [2.24, 2.45) is 0 Å². The molecule has 0 aliphatic carbocycles. The molecular weight excluding hydrogens is 408 g/mol. The van der Waals surface area contributed by atoms with E-state index in [1.54, 1.807) is 0 Å². The lowest BCUT2D eigenvalue weighted by atomic mass is 9.89. The van der Waals surface area contributed by atoms with Gasteiger partial charge in [0.25, 0.3) is 0 Å². The van der Waals surface area contributed by atoms with Crippen LogP contribution in [0, 0.1) is 0 Å². The van der Waals surface area contributed by atoms with E-state index in [1.807, 2.05) is 24.5 Å². The Bertz CT molecular complexity index is 1050. The Morgan fingerprint density at radius 3 is 2.52 bits per heavy atom. The highest BCUT2D eigenvalue weighted by Gasteiger charge is 2.36. The van der Waals surface area contributed by atoms with E-state index in [4.69, 9.17) is 0 Å². The van der Waals surface area contributed by atoms with Gasteiger partial charge in [-0.3, -0.25) is 9.88 Å². The highest BCUT2D eigenvalue weighted by Crippen LogP contribution is 2.36. The molecule has 5 heteroatoms. The zero-order valence-electron chi connectivity index (χ0n) is 19.1. The fourth-order valence-electron chi connectivity index (χ4n) is 5.32. The number of hydrogen-bond acceptors (Lipinski definition) is 3. The molecule has 2 aromatic carbocycles. The van der Waals surface area contributed by atoms with Crippen LogP contribution < -0.4 is 5.32 Å². The van der Waals surface area contributed by atoms with Gasteiger partial charge in [0.1, 0.15) is 0 Å². The van der Waals surface area contributed by atoms with Crippen LogP contribution in [0.4, 0.5) is 4.79 Å². The van der Waals surface area contributed by atoms with Gasteiger partial charge in [-0.05, 0) is 54.0 Å². The summed E-state index contributed by atoms with van der Waals surface area (Å²) < 4.78 is 0. The lowest BCUT2D eigenvalue weighted by molar-refractivity contribution is 0.101. The highest BCUT2D eigenvalue weighted by molar-refractivity contribution is 5.76. The van der Waals surface area contributed by atoms with Gasteiger partial charge in [-0.15, -0.1) is 0 Å². The summed E-state index contributed by atoms with van der Waals surface area (Å²) in [4.78, 5) is 22.5. The number of aromatic nitrogens is 1. The SMILES string of the molecule is O=C1NCCCc2ccccc2C(c2ccccc2)N1C1CCN(Cc2cccnc2)CC1. The molecule has 1 aromatic heterocycles. The molecule has 2 aliphatic heterocycles. The van der Waals surface area contributed by atoms with Gasteiger partial charge in [0, 0.05) is 44.6 Å². The number of nitrogens with zero attached hydrogens (tertiary/aromatic N) is 3. The number of nitrogens with one attached hydrogen (secondary N) is 1. The molecule has 3 heterocycles. The number of carbonyl (C=O) groups excluding carboxylic acids is 1. The van der Waals surface area contributed by atoms with Crippen molar-refractivity contribution in [2.45, 2.75) is 44.3 Å². The lowest BCUT2D eigenvalue weighted by Crippen LogP contribution is -2.52. The van der Waals surface area contributed by atoms with Crippen LogP contribution in [0.3, 0.4) is 0 Å². The fraction of sp³-hybridized carbons (Fsp3) is 0.357. The van der Waals surface area contributed by atoms with Crippen molar-refractivity contribution in [3.05, 3.63) is 101 Å². The van der Waals surface area contributed by atoms with Crippen LogP contribution in [0.15, 0.2) is 79.1 Å². The summed E-state index contributed by atoms with van der Waals surface area (Å²) in [6.07, 6.45) is 7.65. The predicted octanol–water partition coefficient (Wildman–Crippen LogP) is 4.79. The van der Waals surface area contributed by atoms with Crippen LogP contribution in [0.5, 0.6) is 0 Å². The summed E-state index contributed by atoms with van der Waals surface area (Å²) in [5.41, 5.74) is 5.03. The first-order valence-corrected chi connectivity index (χ1v) is 12.1. The smallest absolute Gasteiger partial charge is 0.318 e. The molecule has 5 rings (SSSR count). The van der Waals surface area contributed by atoms with E-state index in [-0.39, 0.29) is 18.1 Å². The average molecular weight is 441 g/mol. The minimum atomic E-state index is -0.0737. The third-order valence-electron chi connectivity index (χ3n) is 6.96. The molecule has 1 atom stereocenters. The third kappa shape index (κ3) is 4.93. The van der Waals surface area contributed by atoms with Crippen LogP contribution in [-0.2, 0) is 13.0 Å². The third-order valence-corrected chi connectivity index (χ3v) is 6.96. The van der Waals surface area contributed by atoms with Gasteiger partial charge < -0.3 is 10.2 Å². The molecule has 0 radical (unpaired) electrons. The second-order valence-corrected chi connectivity index (χ2v) is 9.12. The maximum atomic E-state index is 13.6. The summed E-state index contributed by atoms with van der Waals surface area (Å²) in [7, 11) is 0. The number of carbonyl (C=O) groups is 1. The van der Waals surface area contributed by atoms with Gasteiger partial charge in [-0.2, -0.15) is 0 Å². The quantitative estimate of drug-likeness (QED) is 0.634. The van der Waals surface area contributed by atoms with E-state index in [0.29, 0.717) is 6.54 Å². The molecule has 5 nitrogen and oxygen atoms in total. The number of urea groups is 1. The molecule has 0 saturated carbocycles.